The Morgan fingerprint density at radius 3 is 2.07 bits per heavy atom. The van der Waals surface area contributed by atoms with Crippen LogP contribution in [-0.4, -0.2) is 54.3 Å². The SMILES string of the molecule is CNC(C)(C)CC(C)(C)C(CO)COP(OCCC#N)N(C(C)C)C(C)C. The van der Waals surface area contributed by atoms with Gasteiger partial charge in [0.25, 0.3) is 8.53 Å². The summed E-state index contributed by atoms with van der Waals surface area (Å²) in [5, 5.41) is 22.2. The van der Waals surface area contributed by atoms with Gasteiger partial charge in [0.2, 0.25) is 0 Å². The number of aliphatic hydroxyl groups is 1. The van der Waals surface area contributed by atoms with Crippen LogP contribution in [0.5, 0.6) is 0 Å². The van der Waals surface area contributed by atoms with Crippen molar-refractivity contribution >= 4 is 8.53 Å². The number of aliphatic hydroxyl groups excluding tert-OH is 1. The van der Waals surface area contributed by atoms with Gasteiger partial charge in [0.15, 0.2) is 0 Å². The summed E-state index contributed by atoms with van der Waals surface area (Å²) in [6, 6.07) is 2.65. The second kappa shape index (κ2) is 12.3. The molecule has 0 aromatic carbocycles. The van der Waals surface area contributed by atoms with E-state index in [0.29, 0.717) is 19.6 Å². The minimum absolute atomic E-state index is 0.00383. The van der Waals surface area contributed by atoms with Gasteiger partial charge in [0.05, 0.1) is 25.7 Å². The molecule has 7 heteroatoms. The van der Waals surface area contributed by atoms with Crippen LogP contribution in [0, 0.1) is 22.7 Å². The lowest BCUT2D eigenvalue weighted by Gasteiger charge is -2.41. The Bertz CT molecular complexity index is 442. The van der Waals surface area contributed by atoms with Gasteiger partial charge in [-0.15, -0.1) is 0 Å². The predicted octanol–water partition coefficient (Wildman–Crippen LogP) is 4.30. The molecule has 2 unspecified atom stereocenters. The van der Waals surface area contributed by atoms with Crippen molar-refractivity contribution in [3.05, 3.63) is 0 Å². The standard InChI is InChI=1S/C20H42N3O3P/c1-16(2)23(17(3)4)27(25-12-10-11-21)26-14-18(13-24)19(5,6)15-20(7,8)22-9/h16-18,22,24H,10,12-15H2,1-9H3. The number of nitrogens with one attached hydrogen (secondary N) is 1. The Hall–Kier alpha value is -0.280. The van der Waals surface area contributed by atoms with E-state index in [-0.39, 0.29) is 35.6 Å². The van der Waals surface area contributed by atoms with Gasteiger partial charge in [-0.05, 0) is 60.4 Å². The van der Waals surface area contributed by atoms with E-state index in [9.17, 15) is 5.11 Å². The lowest BCUT2D eigenvalue weighted by atomic mass is 9.71. The summed E-state index contributed by atoms with van der Waals surface area (Å²) in [5.41, 5.74) is -0.123. The third-order valence-corrected chi connectivity index (χ3v) is 7.02. The zero-order valence-electron chi connectivity index (χ0n) is 18.9. The van der Waals surface area contributed by atoms with E-state index in [1.807, 2.05) is 7.05 Å². The van der Waals surface area contributed by atoms with Crippen molar-refractivity contribution in [2.75, 3.05) is 26.9 Å². The Morgan fingerprint density at radius 2 is 1.67 bits per heavy atom. The molecule has 2 N–H and O–H groups in total. The van der Waals surface area contributed by atoms with E-state index in [1.54, 1.807) is 0 Å². The fourth-order valence-electron chi connectivity index (χ4n) is 3.36. The largest absolute Gasteiger partial charge is 0.396 e. The van der Waals surface area contributed by atoms with Crippen LogP contribution in [0.3, 0.4) is 0 Å². The average Bonchev–Trinajstić information content (AvgIpc) is 2.53. The summed E-state index contributed by atoms with van der Waals surface area (Å²) >= 11 is 0. The summed E-state index contributed by atoms with van der Waals surface area (Å²) in [7, 11) is 0.683. The summed E-state index contributed by atoms with van der Waals surface area (Å²) in [6.45, 7) is 18.0. The second-order valence-electron chi connectivity index (χ2n) is 9.02. The molecule has 0 rings (SSSR count). The Morgan fingerprint density at radius 1 is 1.11 bits per heavy atom. The molecule has 0 aromatic heterocycles. The first kappa shape index (κ1) is 26.7. The minimum atomic E-state index is -1.28. The van der Waals surface area contributed by atoms with Crippen molar-refractivity contribution in [3.8, 4) is 6.07 Å². The van der Waals surface area contributed by atoms with Gasteiger partial charge in [-0.2, -0.15) is 5.26 Å². The predicted molar refractivity (Wildman–Crippen MR) is 113 cm³/mol. The molecule has 0 aliphatic heterocycles. The van der Waals surface area contributed by atoms with Gasteiger partial charge < -0.3 is 19.5 Å². The van der Waals surface area contributed by atoms with Crippen LogP contribution in [0.2, 0.25) is 0 Å². The molecule has 0 fully saturated rings. The third kappa shape index (κ3) is 9.65. The lowest BCUT2D eigenvalue weighted by molar-refractivity contribution is 0.0412. The number of hydrogen-bond donors (Lipinski definition) is 2. The van der Waals surface area contributed by atoms with Crippen LogP contribution >= 0.6 is 8.53 Å². The van der Waals surface area contributed by atoms with Crippen molar-refractivity contribution in [2.24, 2.45) is 11.3 Å². The molecule has 0 aliphatic carbocycles. The molecule has 27 heavy (non-hydrogen) atoms. The normalized spacial score (nSPS) is 15.4. The van der Waals surface area contributed by atoms with Crippen LogP contribution in [0.15, 0.2) is 0 Å². The molecule has 0 spiro atoms. The molecular formula is C20H42N3O3P. The van der Waals surface area contributed by atoms with Crippen molar-refractivity contribution in [1.82, 2.24) is 9.99 Å². The summed E-state index contributed by atoms with van der Waals surface area (Å²) in [6.07, 6.45) is 1.26. The van der Waals surface area contributed by atoms with Gasteiger partial charge in [-0.25, -0.2) is 4.67 Å². The first-order valence-corrected chi connectivity index (χ1v) is 11.1. The van der Waals surface area contributed by atoms with Gasteiger partial charge in [-0.3, -0.25) is 0 Å². The Balaban J connectivity index is 5.20. The molecule has 0 aliphatic rings. The fourth-order valence-corrected chi connectivity index (χ4v) is 5.01. The zero-order valence-corrected chi connectivity index (χ0v) is 19.8. The van der Waals surface area contributed by atoms with Gasteiger partial charge in [-0.1, -0.05) is 13.8 Å². The van der Waals surface area contributed by atoms with Crippen LogP contribution in [0.25, 0.3) is 0 Å². The maximum Gasteiger partial charge on any atom is 0.259 e. The van der Waals surface area contributed by atoms with Gasteiger partial charge in [0, 0.05) is 30.1 Å². The van der Waals surface area contributed by atoms with E-state index < -0.39 is 8.53 Å². The fraction of sp³-hybridized carbons (Fsp3) is 0.950. The summed E-state index contributed by atoms with van der Waals surface area (Å²) in [5.74, 6) is -0.00383. The van der Waals surface area contributed by atoms with Gasteiger partial charge in [0.1, 0.15) is 0 Å². The van der Waals surface area contributed by atoms with Crippen molar-refractivity contribution in [1.29, 1.82) is 5.26 Å². The molecule has 0 saturated carbocycles. The molecule has 0 heterocycles. The van der Waals surface area contributed by atoms with Crippen LogP contribution in [-0.2, 0) is 9.05 Å². The monoisotopic (exact) mass is 403 g/mol. The molecule has 160 valence electrons. The van der Waals surface area contributed by atoms with Crippen molar-refractivity contribution in [2.45, 2.75) is 85.9 Å². The Kier molecular flexibility index (Phi) is 12.2. The average molecular weight is 404 g/mol. The van der Waals surface area contributed by atoms with Crippen LogP contribution in [0.4, 0.5) is 0 Å². The highest BCUT2D eigenvalue weighted by molar-refractivity contribution is 7.44. The van der Waals surface area contributed by atoms with E-state index in [1.165, 1.54) is 0 Å². The molecule has 0 aromatic rings. The molecule has 6 nitrogen and oxygen atoms in total. The number of hydrogen-bond acceptors (Lipinski definition) is 6. The minimum Gasteiger partial charge on any atom is -0.396 e. The topological polar surface area (TPSA) is 77.7 Å². The van der Waals surface area contributed by atoms with Crippen LogP contribution < -0.4 is 5.32 Å². The number of rotatable bonds is 14. The second-order valence-corrected chi connectivity index (χ2v) is 10.5. The molecule has 0 amide bonds. The van der Waals surface area contributed by atoms with E-state index in [2.05, 4.69) is 71.4 Å². The molecule has 2 atom stereocenters. The molecule has 0 saturated heterocycles. The molecule has 0 bridgehead atoms. The highest BCUT2D eigenvalue weighted by Gasteiger charge is 2.36. The van der Waals surface area contributed by atoms with E-state index >= 15 is 0 Å². The third-order valence-electron chi connectivity index (χ3n) is 4.95. The van der Waals surface area contributed by atoms with Gasteiger partial charge >= 0.3 is 0 Å². The number of nitrogens with zero attached hydrogens (tertiary/aromatic N) is 2. The first-order chi connectivity index (χ1) is 12.4. The maximum absolute atomic E-state index is 10.0. The van der Waals surface area contributed by atoms with Crippen LogP contribution in [0.1, 0.15) is 68.2 Å². The molecular weight excluding hydrogens is 361 g/mol. The number of nitriles is 1. The summed E-state index contributed by atoms with van der Waals surface area (Å²) < 4.78 is 14.4. The smallest absolute Gasteiger partial charge is 0.259 e. The Labute approximate surface area is 168 Å². The zero-order chi connectivity index (χ0) is 21.3. The highest BCUT2D eigenvalue weighted by atomic mass is 31.2. The quantitative estimate of drug-likeness (QED) is 0.333. The summed E-state index contributed by atoms with van der Waals surface area (Å²) in [4.78, 5) is 0. The van der Waals surface area contributed by atoms with Crippen molar-refractivity contribution in [3.63, 3.8) is 0 Å². The van der Waals surface area contributed by atoms with E-state index in [0.717, 1.165) is 6.42 Å². The first-order valence-electron chi connectivity index (χ1n) is 9.92. The maximum atomic E-state index is 10.0. The molecule has 0 radical (unpaired) electrons. The van der Waals surface area contributed by atoms with E-state index in [4.69, 9.17) is 14.3 Å². The highest BCUT2D eigenvalue weighted by Crippen LogP contribution is 2.47. The lowest BCUT2D eigenvalue weighted by Crippen LogP contribution is -2.44. The van der Waals surface area contributed by atoms with Crippen molar-refractivity contribution < 1.29 is 14.2 Å².